The first-order valence-corrected chi connectivity index (χ1v) is 9.05. The Morgan fingerprint density at radius 3 is 2.92 bits per heavy atom. The average Bonchev–Trinajstić information content (AvgIpc) is 3.32. The second-order valence-electron chi connectivity index (χ2n) is 5.39. The number of nitrogens with zero attached hydrogens (tertiary/aromatic N) is 2. The number of benzene rings is 1. The van der Waals surface area contributed by atoms with Crippen LogP contribution in [0.2, 0.25) is 0 Å². The first-order valence-electron chi connectivity index (χ1n) is 8.11. The number of ether oxygens (including phenoxy) is 1. The summed E-state index contributed by atoms with van der Waals surface area (Å²) < 4.78 is 10.7. The van der Waals surface area contributed by atoms with Crippen LogP contribution in [0.25, 0.3) is 11.4 Å². The van der Waals surface area contributed by atoms with Crippen molar-refractivity contribution in [3.63, 3.8) is 0 Å². The summed E-state index contributed by atoms with van der Waals surface area (Å²) in [7, 11) is 0. The van der Waals surface area contributed by atoms with E-state index in [0.717, 1.165) is 17.7 Å². The normalized spacial score (nSPS) is 10.6. The molecule has 0 aliphatic rings. The molecule has 7 heteroatoms. The zero-order chi connectivity index (χ0) is 17.3. The average molecular weight is 357 g/mol. The van der Waals surface area contributed by atoms with Gasteiger partial charge in [-0.1, -0.05) is 23.4 Å². The van der Waals surface area contributed by atoms with Crippen LogP contribution in [-0.2, 0) is 11.2 Å². The van der Waals surface area contributed by atoms with Gasteiger partial charge in [-0.05, 0) is 30.0 Å². The molecule has 0 bridgehead atoms. The van der Waals surface area contributed by atoms with Gasteiger partial charge in [-0.25, -0.2) is 0 Å². The Balaban J connectivity index is 1.30. The van der Waals surface area contributed by atoms with Gasteiger partial charge in [0.25, 0.3) is 0 Å². The van der Waals surface area contributed by atoms with Gasteiger partial charge in [-0.2, -0.15) is 16.3 Å². The van der Waals surface area contributed by atoms with Gasteiger partial charge >= 0.3 is 0 Å². The lowest BCUT2D eigenvalue weighted by Gasteiger charge is -2.06. The minimum Gasteiger partial charge on any atom is -0.494 e. The molecule has 3 rings (SSSR count). The van der Waals surface area contributed by atoms with Crippen LogP contribution in [-0.4, -0.2) is 29.2 Å². The lowest BCUT2D eigenvalue weighted by atomic mass is 10.3. The second-order valence-corrected chi connectivity index (χ2v) is 6.17. The molecule has 130 valence electrons. The van der Waals surface area contributed by atoms with Crippen molar-refractivity contribution in [2.24, 2.45) is 0 Å². The van der Waals surface area contributed by atoms with E-state index in [1.54, 1.807) is 11.3 Å². The van der Waals surface area contributed by atoms with Gasteiger partial charge in [0.05, 0.1) is 6.61 Å². The molecule has 3 aromatic rings. The SMILES string of the molecule is O=C(CCc1nc(-c2ccsc2)no1)NCCCOc1ccccc1. The molecule has 1 aromatic carbocycles. The molecular weight excluding hydrogens is 338 g/mol. The van der Waals surface area contributed by atoms with Crippen LogP contribution < -0.4 is 10.1 Å². The molecule has 2 heterocycles. The maximum absolute atomic E-state index is 11.8. The van der Waals surface area contributed by atoms with Gasteiger partial charge in [-0.15, -0.1) is 0 Å². The first-order chi connectivity index (χ1) is 12.3. The lowest BCUT2D eigenvalue weighted by Crippen LogP contribution is -2.25. The van der Waals surface area contributed by atoms with Crippen molar-refractivity contribution < 1.29 is 14.1 Å². The molecule has 0 aliphatic heterocycles. The number of amides is 1. The summed E-state index contributed by atoms with van der Waals surface area (Å²) in [4.78, 5) is 16.1. The highest BCUT2D eigenvalue weighted by Crippen LogP contribution is 2.18. The second kappa shape index (κ2) is 8.98. The van der Waals surface area contributed by atoms with E-state index in [4.69, 9.17) is 9.26 Å². The van der Waals surface area contributed by atoms with Crippen LogP contribution in [0.4, 0.5) is 0 Å². The van der Waals surface area contributed by atoms with Gasteiger partial charge in [0.2, 0.25) is 17.6 Å². The number of aromatic nitrogens is 2. The summed E-state index contributed by atoms with van der Waals surface area (Å²) >= 11 is 1.58. The Labute approximate surface area is 149 Å². The quantitative estimate of drug-likeness (QED) is 0.595. The number of rotatable bonds is 9. The lowest BCUT2D eigenvalue weighted by molar-refractivity contribution is -0.121. The molecule has 6 nitrogen and oxygen atoms in total. The van der Waals surface area contributed by atoms with Crippen molar-refractivity contribution in [3.8, 4) is 17.1 Å². The van der Waals surface area contributed by atoms with E-state index >= 15 is 0 Å². The fourth-order valence-corrected chi connectivity index (χ4v) is 2.82. The molecule has 2 aromatic heterocycles. The monoisotopic (exact) mass is 357 g/mol. The molecule has 0 atom stereocenters. The third-order valence-electron chi connectivity index (χ3n) is 3.47. The van der Waals surface area contributed by atoms with Crippen LogP contribution in [0.3, 0.4) is 0 Å². The zero-order valence-electron chi connectivity index (χ0n) is 13.7. The van der Waals surface area contributed by atoms with Gasteiger partial charge in [0.1, 0.15) is 5.75 Å². The Morgan fingerprint density at radius 2 is 2.12 bits per heavy atom. The van der Waals surface area contributed by atoms with Crippen molar-refractivity contribution >= 4 is 17.2 Å². The molecule has 0 fully saturated rings. The van der Waals surface area contributed by atoms with Gasteiger partial charge in [-0.3, -0.25) is 4.79 Å². The summed E-state index contributed by atoms with van der Waals surface area (Å²) in [5.74, 6) is 1.85. The maximum Gasteiger partial charge on any atom is 0.227 e. The largest absolute Gasteiger partial charge is 0.494 e. The molecule has 0 unspecified atom stereocenters. The third kappa shape index (κ3) is 5.42. The summed E-state index contributed by atoms with van der Waals surface area (Å²) in [6, 6.07) is 11.6. The van der Waals surface area contributed by atoms with Crippen molar-refractivity contribution in [2.75, 3.05) is 13.2 Å². The molecule has 25 heavy (non-hydrogen) atoms. The fourth-order valence-electron chi connectivity index (χ4n) is 2.18. The van der Waals surface area contributed by atoms with Crippen LogP contribution in [0.5, 0.6) is 5.75 Å². The maximum atomic E-state index is 11.8. The van der Waals surface area contributed by atoms with Crippen LogP contribution in [0.1, 0.15) is 18.7 Å². The number of thiophene rings is 1. The number of nitrogens with one attached hydrogen (secondary N) is 1. The summed E-state index contributed by atoms with van der Waals surface area (Å²) in [5.41, 5.74) is 0.933. The third-order valence-corrected chi connectivity index (χ3v) is 4.15. The Bertz CT molecular complexity index is 772. The van der Waals surface area contributed by atoms with Crippen molar-refractivity contribution in [1.82, 2.24) is 15.5 Å². The number of para-hydroxylation sites is 1. The Morgan fingerprint density at radius 1 is 1.24 bits per heavy atom. The topological polar surface area (TPSA) is 77.2 Å². The van der Waals surface area contributed by atoms with E-state index in [-0.39, 0.29) is 5.91 Å². The number of carbonyl (C=O) groups excluding carboxylic acids is 1. The molecule has 1 amide bonds. The summed E-state index contributed by atoms with van der Waals surface area (Å²) in [6.07, 6.45) is 1.51. The predicted molar refractivity (Wildman–Crippen MR) is 95.5 cm³/mol. The fraction of sp³-hybridized carbons (Fsp3) is 0.278. The first kappa shape index (κ1) is 17.2. The number of hydrogen-bond acceptors (Lipinski definition) is 6. The van der Waals surface area contributed by atoms with Crippen LogP contribution in [0.15, 0.2) is 51.7 Å². The highest BCUT2D eigenvalue weighted by atomic mass is 32.1. The zero-order valence-corrected chi connectivity index (χ0v) is 14.5. The summed E-state index contributed by atoms with van der Waals surface area (Å²) in [5, 5.41) is 10.7. The Hall–Kier alpha value is -2.67. The van der Waals surface area contributed by atoms with E-state index in [9.17, 15) is 4.79 Å². The van der Waals surface area contributed by atoms with E-state index in [1.165, 1.54) is 0 Å². The van der Waals surface area contributed by atoms with Gasteiger partial charge in [0, 0.05) is 30.3 Å². The molecule has 0 aliphatic carbocycles. The van der Waals surface area contributed by atoms with Gasteiger partial charge in [0.15, 0.2) is 0 Å². The van der Waals surface area contributed by atoms with E-state index in [1.807, 2.05) is 47.2 Å². The minimum absolute atomic E-state index is 0.0324. The van der Waals surface area contributed by atoms with Crippen molar-refractivity contribution in [1.29, 1.82) is 0 Å². The number of hydrogen-bond donors (Lipinski definition) is 1. The highest BCUT2D eigenvalue weighted by Gasteiger charge is 2.10. The van der Waals surface area contributed by atoms with Crippen LogP contribution >= 0.6 is 11.3 Å². The molecule has 1 N–H and O–H groups in total. The molecule has 0 saturated carbocycles. The van der Waals surface area contributed by atoms with E-state index in [0.29, 0.717) is 37.7 Å². The van der Waals surface area contributed by atoms with Crippen molar-refractivity contribution in [2.45, 2.75) is 19.3 Å². The summed E-state index contributed by atoms with van der Waals surface area (Å²) in [6.45, 7) is 1.15. The van der Waals surface area contributed by atoms with E-state index < -0.39 is 0 Å². The molecule has 0 radical (unpaired) electrons. The van der Waals surface area contributed by atoms with E-state index in [2.05, 4.69) is 15.5 Å². The smallest absolute Gasteiger partial charge is 0.227 e. The standard InChI is InChI=1S/C18H19N3O3S/c22-16(19-10-4-11-23-15-5-2-1-3-6-15)7-8-17-20-18(21-24-17)14-9-12-25-13-14/h1-3,5-6,9,12-13H,4,7-8,10-11H2,(H,19,22). The molecule has 0 saturated heterocycles. The molecular formula is C18H19N3O3S. The molecule has 0 spiro atoms. The number of aryl methyl sites for hydroxylation is 1. The van der Waals surface area contributed by atoms with Crippen LogP contribution in [0, 0.1) is 0 Å². The number of carbonyl (C=O) groups is 1. The van der Waals surface area contributed by atoms with Gasteiger partial charge < -0.3 is 14.6 Å². The van der Waals surface area contributed by atoms with Crippen molar-refractivity contribution in [3.05, 3.63) is 53.0 Å². The minimum atomic E-state index is -0.0324. The predicted octanol–water partition coefficient (Wildman–Crippen LogP) is 3.32. The highest BCUT2D eigenvalue weighted by molar-refractivity contribution is 7.08. The Kier molecular flexibility index (Phi) is 6.17.